The zero-order chi connectivity index (χ0) is 19.8. The predicted molar refractivity (Wildman–Crippen MR) is 105 cm³/mol. The molecular formula is C19H18ClN3O4S. The summed E-state index contributed by atoms with van der Waals surface area (Å²) in [5.41, 5.74) is 1.67. The third kappa shape index (κ3) is 5.97. The van der Waals surface area contributed by atoms with Crippen LogP contribution in [-0.2, 0) is 15.3 Å². The quantitative estimate of drug-likeness (QED) is 0.286. The maximum atomic E-state index is 11.0. The standard InChI is InChI=1S/C19H18ClN3O4S/c1-25-17(24)3-2-10-26-16-9-8-15(21-11-16)12-28-19-23-22-18(27-19)13-4-6-14(20)7-5-13/h4-9,11H,2-3,10,12H2,1H3. The van der Waals surface area contributed by atoms with Gasteiger partial charge in [-0.25, -0.2) is 0 Å². The Morgan fingerprint density at radius 3 is 2.71 bits per heavy atom. The third-order valence-corrected chi connectivity index (χ3v) is 4.76. The lowest BCUT2D eigenvalue weighted by molar-refractivity contribution is -0.140. The maximum Gasteiger partial charge on any atom is 0.305 e. The highest BCUT2D eigenvalue weighted by molar-refractivity contribution is 7.98. The number of nitrogens with zero attached hydrogens (tertiary/aromatic N) is 3. The van der Waals surface area contributed by atoms with Crippen LogP contribution in [0.25, 0.3) is 11.5 Å². The molecule has 7 nitrogen and oxygen atoms in total. The summed E-state index contributed by atoms with van der Waals surface area (Å²) in [4.78, 5) is 15.4. The lowest BCUT2D eigenvalue weighted by atomic mass is 10.2. The lowest BCUT2D eigenvalue weighted by Gasteiger charge is -2.06. The van der Waals surface area contributed by atoms with Gasteiger partial charge in [-0.05, 0) is 42.8 Å². The highest BCUT2D eigenvalue weighted by atomic mass is 35.5. The fourth-order valence-corrected chi connectivity index (χ4v) is 3.01. The second kappa shape index (κ2) is 10.1. The molecule has 3 aromatic rings. The van der Waals surface area contributed by atoms with E-state index in [9.17, 15) is 4.79 Å². The number of carbonyl (C=O) groups is 1. The fourth-order valence-electron chi connectivity index (χ4n) is 2.20. The number of aromatic nitrogens is 3. The van der Waals surface area contributed by atoms with Gasteiger partial charge >= 0.3 is 5.97 Å². The van der Waals surface area contributed by atoms with E-state index < -0.39 is 0 Å². The van der Waals surface area contributed by atoms with Gasteiger partial charge < -0.3 is 13.9 Å². The molecule has 0 spiro atoms. The normalized spacial score (nSPS) is 10.6. The number of halogens is 1. The van der Waals surface area contributed by atoms with Gasteiger partial charge in [0.25, 0.3) is 5.22 Å². The Hall–Kier alpha value is -2.58. The van der Waals surface area contributed by atoms with Crippen molar-refractivity contribution in [1.29, 1.82) is 0 Å². The molecule has 0 bridgehead atoms. The van der Waals surface area contributed by atoms with Crippen LogP contribution >= 0.6 is 23.4 Å². The zero-order valence-electron chi connectivity index (χ0n) is 15.1. The lowest BCUT2D eigenvalue weighted by Crippen LogP contribution is -2.04. The second-order valence-electron chi connectivity index (χ2n) is 5.68. The summed E-state index contributed by atoms with van der Waals surface area (Å²) < 4.78 is 15.8. The monoisotopic (exact) mass is 419 g/mol. The van der Waals surface area contributed by atoms with Gasteiger partial charge in [-0.1, -0.05) is 23.4 Å². The number of thioether (sulfide) groups is 1. The summed E-state index contributed by atoms with van der Waals surface area (Å²) in [5, 5.41) is 9.21. The first-order valence-electron chi connectivity index (χ1n) is 8.51. The van der Waals surface area contributed by atoms with Crippen molar-refractivity contribution >= 4 is 29.3 Å². The van der Waals surface area contributed by atoms with Gasteiger partial charge in [-0.2, -0.15) is 0 Å². The Bertz CT molecular complexity index is 900. The van der Waals surface area contributed by atoms with E-state index in [4.69, 9.17) is 20.8 Å². The fraction of sp³-hybridized carbons (Fsp3) is 0.263. The van der Waals surface area contributed by atoms with Crippen molar-refractivity contribution < 1.29 is 18.7 Å². The molecule has 0 radical (unpaired) electrons. The average Bonchev–Trinajstić information content (AvgIpc) is 3.20. The minimum Gasteiger partial charge on any atom is -0.492 e. The number of esters is 1. The number of ether oxygens (including phenoxy) is 2. The molecule has 0 fully saturated rings. The van der Waals surface area contributed by atoms with Crippen molar-refractivity contribution in [2.24, 2.45) is 0 Å². The molecule has 0 unspecified atom stereocenters. The van der Waals surface area contributed by atoms with Crippen molar-refractivity contribution in [3.8, 4) is 17.2 Å². The molecular weight excluding hydrogens is 402 g/mol. The van der Waals surface area contributed by atoms with Crippen molar-refractivity contribution in [1.82, 2.24) is 15.2 Å². The maximum absolute atomic E-state index is 11.0. The van der Waals surface area contributed by atoms with Gasteiger partial charge in [0.05, 0.1) is 25.6 Å². The van der Waals surface area contributed by atoms with Crippen LogP contribution < -0.4 is 4.74 Å². The van der Waals surface area contributed by atoms with Crippen LogP contribution in [0.15, 0.2) is 52.2 Å². The summed E-state index contributed by atoms with van der Waals surface area (Å²) in [6, 6.07) is 10.9. The molecule has 0 aliphatic heterocycles. The molecule has 9 heteroatoms. The first-order valence-corrected chi connectivity index (χ1v) is 9.87. The van der Waals surface area contributed by atoms with Crippen molar-refractivity contribution in [3.63, 3.8) is 0 Å². The van der Waals surface area contributed by atoms with Gasteiger partial charge in [0, 0.05) is 22.8 Å². The summed E-state index contributed by atoms with van der Waals surface area (Å²) in [5.74, 6) is 1.45. The molecule has 1 aromatic carbocycles. The van der Waals surface area contributed by atoms with Crippen LogP contribution in [0.5, 0.6) is 5.75 Å². The van der Waals surface area contributed by atoms with Crippen LogP contribution in [0.1, 0.15) is 18.5 Å². The minimum atomic E-state index is -0.241. The first-order chi connectivity index (χ1) is 13.6. The molecule has 0 N–H and O–H groups in total. The Balaban J connectivity index is 1.46. The minimum absolute atomic E-state index is 0.241. The molecule has 0 atom stereocenters. The van der Waals surface area contributed by atoms with E-state index in [0.717, 1.165) is 11.3 Å². The van der Waals surface area contributed by atoms with E-state index in [2.05, 4.69) is 19.9 Å². The van der Waals surface area contributed by atoms with Crippen LogP contribution in [0.3, 0.4) is 0 Å². The SMILES string of the molecule is COC(=O)CCCOc1ccc(CSc2nnc(-c3ccc(Cl)cc3)o2)nc1. The summed E-state index contributed by atoms with van der Waals surface area (Å²) in [6.07, 6.45) is 2.58. The van der Waals surface area contributed by atoms with E-state index in [0.29, 0.717) is 47.1 Å². The van der Waals surface area contributed by atoms with Crippen LogP contribution in [-0.4, -0.2) is 34.9 Å². The van der Waals surface area contributed by atoms with Gasteiger partial charge in [-0.15, -0.1) is 10.2 Å². The molecule has 0 aliphatic rings. The number of hydrogen-bond donors (Lipinski definition) is 0. The van der Waals surface area contributed by atoms with E-state index in [1.807, 2.05) is 24.3 Å². The van der Waals surface area contributed by atoms with Gasteiger partial charge in [0.1, 0.15) is 5.75 Å². The van der Waals surface area contributed by atoms with Crippen LogP contribution in [0, 0.1) is 0 Å². The van der Waals surface area contributed by atoms with Gasteiger partial charge in [0.2, 0.25) is 5.89 Å². The summed E-state index contributed by atoms with van der Waals surface area (Å²) in [6.45, 7) is 0.431. The average molecular weight is 420 g/mol. The Morgan fingerprint density at radius 2 is 2.00 bits per heavy atom. The van der Waals surface area contributed by atoms with E-state index in [1.165, 1.54) is 18.9 Å². The molecule has 146 valence electrons. The Kier molecular flexibility index (Phi) is 7.27. The smallest absolute Gasteiger partial charge is 0.305 e. The summed E-state index contributed by atoms with van der Waals surface area (Å²) >= 11 is 7.29. The highest BCUT2D eigenvalue weighted by Crippen LogP contribution is 2.26. The Morgan fingerprint density at radius 1 is 1.18 bits per heavy atom. The van der Waals surface area contributed by atoms with Crippen LogP contribution in [0.2, 0.25) is 5.02 Å². The second-order valence-corrected chi connectivity index (χ2v) is 7.05. The van der Waals surface area contributed by atoms with Gasteiger partial charge in [-0.3, -0.25) is 9.78 Å². The van der Waals surface area contributed by atoms with E-state index >= 15 is 0 Å². The first kappa shape index (κ1) is 20.2. The zero-order valence-corrected chi connectivity index (χ0v) is 16.7. The van der Waals surface area contributed by atoms with E-state index in [-0.39, 0.29) is 5.97 Å². The molecule has 0 amide bonds. The molecule has 2 heterocycles. The number of rotatable bonds is 9. The molecule has 0 saturated carbocycles. The topological polar surface area (TPSA) is 87.3 Å². The van der Waals surface area contributed by atoms with E-state index in [1.54, 1.807) is 18.3 Å². The summed E-state index contributed by atoms with van der Waals surface area (Å²) in [7, 11) is 1.37. The third-order valence-electron chi connectivity index (χ3n) is 3.66. The Labute approximate surface area is 171 Å². The largest absolute Gasteiger partial charge is 0.492 e. The molecule has 0 aliphatic carbocycles. The van der Waals surface area contributed by atoms with Crippen molar-refractivity contribution in [2.45, 2.75) is 23.8 Å². The number of carbonyl (C=O) groups excluding carboxylic acids is 1. The highest BCUT2D eigenvalue weighted by Gasteiger charge is 2.10. The molecule has 0 saturated heterocycles. The molecule has 3 rings (SSSR count). The number of pyridine rings is 1. The number of methoxy groups -OCH3 is 1. The number of hydrogen-bond acceptors (Lipinski definition) is 8. The molecule has 2 aromatic heterocycles. The number of benzene rings is 1. The van der Waals surface area contributed by atoms with Gasteiger partial charge in [0.15, 0.2) is 0 Å². The van der Waals surface area contributed by atoms with Crippen molar-refractivity contribution in [3.05, 3.63) is 53.3 Å². The predicted octanol–water partition coefficient (Wildman–Crippen LogP) is 4.41. The van der Waals surface area contributed by atoms with Crippen LogP contribution in [0.4, 0.5) is 0 Å². The molecule has 28 heavy (non-hydrogen) atoms. The van der Waals surface area contributed by atoms with Crippen molar-refractivity contribution in [2.75, 3.05) is 13.7 Å².